The molecule has 0 aromatic heterocycles. The van der Waals surface area contributed by atoms with Crippen molar-refractivity contribution in [1.82, 2.24) is 0 Å². The second kappa shape index (κ2) is 12.3. The van der Waals surface area contributed by atoms with Crippen LogP contribution in [0.2, 0.25) is 0 Å². The van der Waals surface area contributed by atoms with Crippen molar-refractivity contribution in [2.75, 3.05) is 19.8 Å². The van der Waals surface area contributed by atoms with Crippen LogP contribution < -0.4 is 4.74 Å². The van der Waals surface area contributed by atoms with Crippen LogP contribution in [0.1, 0.15) is 58.3 Å². The summed E-state index contributed by atoms with van der Waals surface area (Å²) in [7, 11) is 0. The first-order valence-corrected chi connectivity index (χ1v) is 9.26. The van der Waals surface area contributed by atoms with E-state index in [1.54, 1.807) is 0 Å². The largest absolute Gasteiger partial charge is 0.490 e. The molecule has 1 unspecified atom stereocenters. The van der Waals surface area contributed by atoms with Crippen LogP contribution in [0.3, 0.4) is 0 Å². The zero-order valence-electron chi connectivity index (χ0n) is 15.0. The third-order valence-corrected chi connectivity index (χ3v) is 4.72. The maximum atomic E-state index is 9.72. The Morgan fingerprint density at radius 3 is 1.92 bits per heavy atom. The van der Waals surface area contributed by atoms with E-state index in [2.05, 4.69) is 6.92 Å². The molecule has 3 N–H and O–H groups in total. The van der Waals surface area contributed by atoms with E-state index >= 15 is 0 Å². The first-order valence-electron chi connectivity index (χ1n) is 9.26. The predicted molar refractivity (Wildman–Crippen MR) is 97.2 cm³/mol. The van der Waals surface area contributed by atoms with Gasteiger partial charge in [0.2, 0.25) is 0 Å². The molecule has 0 bridgehead atoms. The quantitative estimate of drug-likeness (QED) is 0.454. The number of hydrogen-bond acceptors (Lipinski definition) is 4. The van der Waals surface area contributed by atoms with Gasteiger partial charge >= 0.3 is 0 Å². The van der Waals surface area contributed by atoms with Crippen LogP contribution in [-0.2, 0) is 0 Å². The Labute approximate surface area is 146 Å². The van der Waals surface area contributed by atoms with Crippen molar-refractivity contribution >= 4 is 0 Å². The van der Waals surface area contributed by atoms with E-state index in [9.17, 15) is 15.3 Å². The molecule has 0 aliphatic heterocycles. The topological polar surface area (TPSA) is 69.9 Å². The Balaban J connectivity index is 2.58. The zero-order valence-corrected chi connectivity index (χ0v) is 15.0. The first kappa shape index (κ1) is 20.9. The minimum Gasteiger partial charge on any atom is -0.490 e. The molecule has 0 aliphatic carbocycles. The van der Waals surface area contributed by atoms with Gasteiger partial charge in [-0.2, -0.15) is 0 Å². The second-order valence-electron chi connectivity index (χ2n) is 6.67. The molecule has 4 heteroatoms. The molecular formula is C20H34O4. The molecule has 0 heterocycles. The van der Waals surface area contributed by atoms with Crippen LogP contribution in [0.25, 0.3) is 0 Å². The molecule has 0 saturated heterocycles. The van der Waals surface area contributed by atoms with Crippen molar-refractivity contribution in [2.24, 2.45) is 5.41 Å². The minimum atomic E-state index is -1.02. The smallest absolute Gasteiger partial charge is 0.119 e. The third-order valence-electron chi connectivity index (χ3n) is 4.72. The van der Waals surface area contributed by atoms with E-state index in [1.807, 2.05) is 30.3 Å². The highest BCUT2D eigenvalue weighted by atomic mass is 16.5. The van der Waals surface area contributed by atoms with Crippen molar-refractivity contribution in [1.29, 1.82) is 0 Å². The van der Waals surface area contributed by atoms with Gasteiger partial charge in [-0.1, -0.05) is 63.6 Å². The summed E-state index contributed by atoms with van der Waals surface area (Å²) in [5, 5.41) is 29.2. The highest BCUT2D eigenvalue weighted by Crippen LogP contribution is 2.29. The molecule has 1 aromatic rings. The van der Waals surface area contributed by atoms with Crippen molar-refractivity contribution in [3.8, 4) is 5.75 Å². The molecule has 0 fully saturated rings. The summed E-state index contributed by atoms with van der Waals surface area (Å²) in [6, 6.07) is 9.40. The lowest BCUT2D eigenvalue weighted by molar-refractivity contribution is -0.0755. The summed E-state index contributed by atoms with van der Waals surface area (Å²) in [4.78, 5) is 0. The van der Waals surface area contributed by atoms with Gasteiger partial charge in [-0.3, -0.25) is 0 Å². The Kier molecular flexibility index (Phi) is 10.7. The molecule has 0 aliphatic rings. The average molecular weight is 338 g/mol. The van der Waals surface area contributed by atoms with E-state index in [1.165, 1.54) is 32.1 Å². The molecule has 1 aromatic carbocycles. The summed E-state index contributed by atoms with van der Waals surface area (Å²) < 4.78 is 6.02. The molecule has 0 saturated carbocycles. The highest BCUT2D eigenvalue weighted by molar-refractivity contribution is 5.21. The van der Waals surface area contributed by atoms with E-state index in [0.29, 0.717) is 12.2 Å². The Morgan fingerprint density at radius 1 is 0.833 bits per heavy atom. The number of aliphatic hydroxyl groups excluding tert-OH is 3. The lowest BCUT2D eigenvalue weighted by atomic mass is 9.81. The van der Waals surface area contributed by atoms with Gasteiger partial charge in [-0.15, -0.1) is 0 Å². The maximum Gasteiger partial charge on any atom is 0.119 e. The van der Waals surface area contributed by atoms with Gasteiger partial charge < -0.3 is 20.1 Å². The van der Waals surface area contributed by atoms with Gasteiger partial charge in [0.25, 0.3) is 0 Å². The van der Waals surface area contributed by atoms with Crippen molar-refractivity contribution in [3.63, 3.8) is 0 Å². The van der Waals surface area contributed by atoms with Crippen molar-refractivity contribution in [3.05, 3.63) is 30.3 Å². The first-order chi connectivity index (χ1) is 11.7. The summed E-state index contributed by atoms with van der Waals surface area (Å²) >= 11 is 0. The summed E-state index contributed by atoms with van der Waals surface area (Å²) in [5.41, 5.74) is -1.02. The fourth-order valence-electron chi connectivity index (χ4n) is 2.90. The fraction of sp³-hybridized carbons (Fsp3) is 0.700. The molecule has 0 spiro atoms. The average Bonchev–Trinajstić information content (AvgIpc) is 2.63. The molecule has 24 heavy (non-hydrogen) atoms. The van der Waals surface area contributed by atoms with Crippen LogP contribution in [0.5, 0.6) is 5.75 Å². The van der Waals surface area contributed by atoms with Gasteiger partial charge in [0.15, 0.2) is 0 Å². The standard InChI is InChI=1S/C20H34O4/c1-2-3-4-5-6-7-11-14-19(20(15-21,16-22)17-23)24-18-12-9-8-10-13-18/h8-10,12-13,19,21-23H,2-7,11,14-17H2,1H3. The van der Waals surface area contributed by atoms with Crippen LogP contribution in [0.4, 0.5) is 0 Å². The number of aliphatic hydroxyl groups is 3. The van der Waals surface area contributed by atoms with Crippen LogP contribution in [0.15, 0.2) is 30.3 Å². The molecule has 138 valence electrons. The van der Waals surface area contributed by atoms with Gasteiger partial charge in [-0.05, 0) is 25.0 Å². The Morgan fingerprint density at radius 2 is 1.38 bits per heavy atom. The summed E-state index contributed by atoms with van der Waals surface area (Å²) in [6.07, 6.45) is 8.66. The van der Waals surface area contributed by atoms with Crippen LogP contribution in [0, 0.1) is 5.41 Å². The molecule has 1 rings (SSSR count). The SMILES string of the molecule is CCCCCCCCCC(Oc1ccccc1)C(CO)(CO)CO. The monoisotopic (exact) mass is 338 g/mol. The van der Waals surface area contributed by atoms with Crippen LogP contribution in [-0.4, -0.2) is 41.2 Å². The van der Waals surface area contributed by atoms with Gasteiger partial charge in [0, 0.05) is 0 Å². The minimum absolute atomic E-state index is 0.298. The van der Waals surface area contributed by atoms with E-state index in [0.717, 1.165) is 12.8 Å². The predicted octanol–water partition coefficient (Wildman–Crippen LogP) is 3.54. The molecule has 1 atom stereocenters. The second-order valence-corrected chi connectivity index (χ2v) is 6.67. The Bertz CT molecular complexity index is 395. The van der Waals surface area contributed by atoms with E-state index < -0.39 is 11.5 Å². The summed E-state index contributed by atoms with van der Waals surface area (Å²) in [6.45, 7) is 1.32. The lowest BCUT2D eigenvalue weighted by Gasteiger charge is -2.36. The zero-order chi connectivity index (χ0) is 17.7. The fourth-order valence-corrected chi connectivity index (χ4v) is 2.90. The van der Waals surface area contributed by atoms with Gasteiger partial charge in [0.05, 0.1) is 25.2 Å². The summed E-state index contributed by atoms with van der Waals surface area (Å²) in [5.74, 6) is 0.699. The normalized spacial score (nSPS) is 13.0. The third kappa shape index (κ3) is 6.80. The number of rotatable bonds is 14. The van der Waals surface area contributed by atoms with Gasteiger partial charge in [-0.25, -0.2) is 0 Å². The number of ether oxygens (including phenoxy) is 1. The number of unbranched alkanes of at least 4 members (excludes halogenated alkanes) is 6. The lowest BCUT2D eigenvalue weighted by Crippen LogP contribution is -2.48. The van der Waals surface area contributed by atoms with Crippen LogP contribution >= 0.6 is 0 Å². The van der Waals surface area contributed by atoms with E-state index in [4.69, 9.17) is 4.74 Å². The molecule has 0 amide bonds. The molecule has 0 radical (unpaired) electrons. The molecular weight excluding hydrogens is 304 g/mol. The Hall–Kier alpha value is -1.10. The van der Waals surface area contributed by atoms with Crippen molar-refractivity contribution < 1.29 is 20.1 Å². The molecule has 4 nitrogen and oxygen atoms in total. The highest BCUT2D eigenvalue weighted by Gasteiger charge is 2.39. The maximum absolute atomic E-state index is 9.72. The number of para-hydroxylation sites is 1. The van der Waals surface area contributed by atoms with Crippen molar-refractivity contribution in [2.45, 2.75) is 64.4 Å². The number of benzene rings is 1. The van der Waals surface area contributed by atoms with E-state index in [-0.39, 0.29) is 19.8 Å². The van der Waals surface area contributed by atoms with Gasteiger partial charge in [0.1, 0.15) is 11.9 Å². The number of hydrogen-bond donors (Lipinski definition) is 3.